The van der Waals surface area contributed by atoms with Gasteiger partial charge in [0.25, 0.3) is 5.69 Å². The first-order valence-electron chi connectivity index (χ1n) is 13.1. The molecule has 3 N–H and O–H groups in total. The predicted molar refractivity (Wildman–Crippen MR) is 155 cm³/mol. The second kappa shape index (κ2) is 12.9. The SMILES string of the molecule is CCC(C)(C)c1ccc(OCCCNC(=O)NNc2nc(-c3cccc([N+](=O)[O-])c3)ns2)c(C(C)(C)CC)c1. The Balaban J connectivity index is 1.47. The molecule has 10 nitrogen and oxygen atoms in total. The first-order chi connectivity index (χ1) is 18.5. The summed E-state index contributed by atoms with van der Waals surface area (Å²) in [6.07, 6.45) is 2.69. The van der Waals surface area contributed by atoms with E-state index in [1.54, 1.807) is 12.1 Å². The summed E-state index contributed by atoms with van der Waals surface area (Å²) in [4.78, 5) is 27.0. The number of nitrogens with zero attached hydrogens (tertiary/aromatic N) is 3. The Morgan fingerprint density at radius 3 is 2.51 bits per heavy atom. The third-order valence-electron chi connectivity index (χ3n) is 7.15. The van der Waals surface area contributed by atoms with E-state index in [9.17, 15) is 14.9 Å². The van der Waals surface area contributed by atoms with Crippen molar-refractivity contribution < 1.29 is 14.5 Å². The van der Waals surface area contributed by atoms with Crippen molar-refractivity contribution in [3.05, 3.63) is 63.7 Å². The van der Waals surface area contributed by atoms with Crippen LogP contribution in [0.4, 0.5) is 15.6 Å². The molecule has 3 aromatic rings. The molecule has 0 fully saturated rings. The molecule has 0 saturated heterocycles. The van der Waals surface area contributed by atoms with Crippen LogP contribution in [0, 0.1) is 10.1 Å². The van der Waals surface area contributed by atoms with Crippen molar-refractivity contribution in [3.8, 4) is 17.1 Å². The maximum Gasteiger partial charge on any atom is 0.333 e. The van der Waals surface area contributed by atoms with Gasteiger partial charge in [-0.15, -0.1) is 0 Å². The van der Waals surface area contributed by atoms with E-state index in [-0.39, 0.29) is 16.5 Å². The molecule has 39 heavy (non-hydrogen) atoms. The fourth-order valence-electron chi connectivity index (χ4n) is 3.76. The van der Waals surface area contributed by atoms with Gasteiger partial charge in [-0.05, 0) is 41.7 Å². The minimum Gasteiger partial charge on any atom is -0.493 e. The number of aromatic nitrogens is 2. The number of hydrazine groups is 1. The number of hydrogen-bond acceptors (Lipinski definition) is 8. The molecule has 1 heterocycles. The highest BCUT2D eigenvalue weighted by molar-refractivity contribution is 7.09. The summed E-state index contributed by atoms with van der Waals surface area (Å²) in [6.45, 7) is 14.3. The molecule has 210 valence electrons. The van der Waals surface area contributed by atoms with Gasteiger partial charge in [-0.25, -0.2) is 10.2 Å². The number of nitrogens with one attached hydrogen (secondary N) is 3. The van der Waals surface area contributed by atoms with Gasteiger partial charge in [-0.2, -0.15) is 9.36 Å². The van der Waals surface area contributed by atoms with Gasteiger partial charge >= 0.3 is 6.03 Å². The third kappa shape index (κ3) is 7.89. The van der Waals surface area contributed by atoms with Crippen molar-refractivity contribution in [2.45, 2.75) is 71.6 Å². The Labute approximate surface area is 233 Å². The zero-order valence-electron chi connectivity index (χ0n) is 23.5. The molecular weight excluding hydrogens is 516 g/mol. The molecule has 0 spiro atoms. The van der Waals surface area contributed by atoms with Crippen molar-refractivity contribution in [1.29, 1.82) is 0 Å². The lowest BCUT2D eigenvalue weighted by Crippen LogP contribution is -2.39. The van der Waals surface area contributed by atoms with E-state index in [4.69, 9.17) is 4.74 Å². The third-order valence-corrected chi connectivity index (χ3v) is 7.78. The van der Waals surface area contributed by atoms with Gasteiger partial charge in [-0.1, -0.05) is 65.8 Å². The smallest absolute Gasteiger partial charge is 0.333 e. The fourth-order valence-corrected chi connectivity index (χ4v) is 4.30. The Morgan fingerprint density at radius 1 is 1.08 bits per heavy atom. The number of benzene rings is 2. The molecule has 0 bridgehead atoms. The van der Waals surface area contributed by atoms with Crippen LogP contribution in [-0.2, 0) is 10.8 Å². The molecule has 0 aliphatic carbocycles. The van der Waals surface area contributed by atoms with Gasteiger partial charge in [0.1, 0.15) is 5.75 Å². The van der Waals surface area contributed by atoms with Crippen molar-refractivity contribution >= 4 is 28.4 Å². The number of nitro benzene ring substituents is 1. The van der Waals surface area contributed by atoms with Crippen LogP contribution in [0.2, 0.25) is 0 Å². The highest BCUT2D eigenvalue weighted by atomic mass is 32.1. The van der Waals surface area contributed by atoms with E-state index in [0.717, 1.165) is 30.1 Å². The van der Waals surface area contributed by atoms with E-state index >= 15 is 0 Å². The van der Waals surface area contributed by atoms with Gasteiger partial charge in [-0.3, -0.25) is 15.5 Å². The predicted octanol–water partition coefficient (Wildman–Crippen LogP) is 6.58. The summed E-state index contributed by atoms with van der Waals surface area (Å²) in [5.74, 6) is 1.22. The van der Waals surface area contributed by atoms with E-state index < -0.39 is 11.0 Å². The van der Waals surface area contributed by atoms with E-state index in [1.165, 1.54) is 23.3 Å². The Hall–Kier alpha value is -3.73. The van der Waals surface area contributed by atoms with Crippen molar-refractivity contribution in [3.63, 3.8) is 0 Å². The number of non-ortho nitro benzene ring substituents is 1. The minimum atomic E-state index is -0.472. The summed E-state index contributed by atoms with van der Waals surface area (Å²) in [7, 11) is 0. The van der Waals surface area contributed by atoms with Crippen LogP contribution < -0.4 is 20.9 Å². The fraction of sp³-hybridized carbons (Fsp3) is 0.464. The van der Waals surface area contributed by atoms with Crippen molar-refractivity contribution in [2.24, 2.45) is 0 Å². The number of hydrogen-bond donors (Lipinski definition) is 3. The Morgan fingerprint density at radius 2 is 1.82 bits per heavy atom. The second-order valence-corrected chi connectivity index (χ2v) is 11.4. The lowest BCUT2D eigenvalue weighted by atomic mass is 9.76. The average molecular weight is 555 g/mol. The van der Waals surface area contributed by atoms with Crippen LogP contribution in [0.1, 0.15) is 71.9 Å². The largest absolute Gasteiger partial charge is 0.493 e. The highest BCUT2D eigenvalue weighted by Crippen LogP contribution is 2.38. The summed E-state index contributed by atoms with van der Waals surface area (Å²) in [5.41, 5.74) is 8.32. The lowest BCUT2D eigenvalue weighted by molar-refractivity contribution is -0.384. The average Bonchev–Trinajstić information content (AvgIpc) is 3.41. The van der Waals surface area contributed by atoms with E-state index in [1.807, 2.05) is 0 Å². The number of nitro groups is 1. The summed E-state index contributed by atoms with van der Waals surface area (Å²) in [5, 5.41) is 14.1. The molecule has 0 unspecified atom stereocenters. The van der Waals surface area contributed by atoms with Gasteiger partial charge < -0.3 is 10.1 Å². The molecule has 0 atom stereocenters. The highest BCUT2D eigenvalue weighted by Gasteiger charge is 2.26. The zero-order valence-corrected chi connectivity index (χ0v) is 24.3. The maximum atomic E-state index is 12.2. The van der Waals surface area contributed by atoms with Gasteiger partial charge in [0, 0.05) is 41.3 Å². The van der Waals surface area contributed by atoms with Crippen LogP contribution >= 0.6 is 11.5 Å². The van der Waals surface area contributed by atoms with Crippen LogP contribution in [0.3, 0.4) is 0 Å². The van der Waals surface area contributed by atoms with Gasteiger partial charge in [0.15, 0.2) is 5.82 Å². The number of ether oxygens (including phenoxy) is 1. The van der Waals surface area contributed by atoms with E-state index in [2.05, 4.69) is 85.3 Å². The topological polar surface area (TPSA) is 131 Å². The maximum absolute atomic E-state index is 12.2. The van der Waals surface area contributed by atoms with Crippen molar-refractivity contribution in [2.75, 3.05) is 18.6 Å². The molecule has 11 heteroatoms. The molecule has 1 aromatic heterocycles. The first kappa shape index (κ1) is 29.8. The van der Waals surface area contributed by atoms with Gasteiger partial charge in [0.2, 0.25) is 5.13 Å². The number of carbonyl (C=O) groups is 1. The summed E-state index contributed by atoms with van der Waals surface area (Å²) in [6, 6.07) is 12.2. The number of rotatable bonds is 13. The lowest BCUT2D eigenvalue weighted by Gasteiger charge is -2.30. The summed E-state index contributed by atoms with van der Waals surface area (Å²) < 4.78 is 10.4. The molecule has 0 radical (unpaired) electrons. The molecular formula is C28H38N6O4S. The normalized spacial score (nSPS) is 11.6. The quantitative estimate of drug-likeness (QED) is 0.123. The molecule has 0 aliphatic rings. The molecule has 2 amide bonds. The zero-order chi connectivity index (χ0) is 28.6. The van der Waals surface area contributed by atoms with E-state index in [0.29, 0.717) is 36.1 Å². The molecule has 2 aromatic carbocycles. The standard InChI is InChI=1S/C28H38N6O4S/c1-7-27(3,4)20-13-14-23(22(18-20)28(5,6)8-2)38-16-10-15-29-25(35)31-32-26-30-24(33-39-26)19-11-9-12-21(17-19)34(36)37/h9,11-14,17-18H,7-8,10,15-16H2,1-6H3,(H2,29,31,35)(H,30,32,33). The molecule has 0 aliphatic heterocycles. The first-order valence-corrected chi connectivity index (χ1v) is 13.9. The van der Waals surface area contributed by atoms with Crippen LogP contribution in [0.25, 0.3) is 11.4 Å². The number of amides is 2. The van der Waals surface area contributed by atoms with Gasteiger partial charge in [0.05, 0.1) is 11.5 Å². The second-order valence-electron chi connectivity index (χ2n) is 10.6. The monoisotopic (exact) mass is 554 g/mol. The minimum absolute atomic E-state index is 0.0151. The number of urea groups is 1. The molecule has 0 saturated carbocycles. The number of anilines is 1. The van der Waals surface area contributed by atoms with Crippen molar-refractivity contribution in [1.82, 2.24) is 20.1 Å². The Bertz CT molecular complexity index is 1290. The number of carbonyl (C=O) groups excluding carboxylic acids is 1. The van der Waals surface area contributed by atoms with Crippen LogP contribution in [-0.4, -0.2) is 33.5 Å². The molecule has 3 rings (SSSR count). The van der Waals surface area contributed by atoms with Crippen LogP contribution in [0.15, 0.2) is 42.5 Å². The van der Waals surface area contributed by atoms with Crippen LogP contribution in [0.5, 0.6) is 5.75 Å². The summed E-state index contributed by atoms with van der Waals surface area (Å²) >= 11 is 1.03. The Kier molecular flexibility index (Phi) is 9.85.